The number of hydrogen-bond donors (Lipinski definition) is 2. The van der Waals surface area contributed by atoms with Crippen molar-refractivity contribution in [2.24, 2.45) is 0 Å². The molecule has 0 bridgehead atoms. The standard InChI is InChI=1S/C13H20N2O2S2/c1-14-10-11-2-4-13(5-3-11)19(16,17)15-12-6-8-18-9-7-12/h2-5,12,14-15H,6-10H2,1H3. The monoisotopic (exact) mass is 300 g/mol. The Bertz CT molecular complexity index is 494. The molecular formula is C13H20N2O2S2. The molecule has 0 unspecified atom stereocenters. The fraction of sp³-hybridized carbons (Fsp3) is 0.538. The van der Waals surface area contributed by atoms with Crippen LogP contribution in [-0.2, 0) is 16.6 Å². The first-order valence-corrected chi connectivity index (χ1v) is 9.09. The number of benzene rings is 1. The predicted octanol–water partition coefficient (Wildman–Crippen LogP) is 1.58. The van der Waals surface area contributed by atoms with E-state index in [0.717, 1.165) is 36.5 Å². The van der Waals surface area contributed by atoms with Crippen LogP contribution < -0.4 is 10.0 Å². The molecule has 0 radical (unpaired) electrons. The first kappa shape index (κ1) is 14.8. The number of thioether (sulfide) groups is 1. The van der Waals surface area contributed by atoms with Gasteiger partial charge in [-0.05, 0) is 49.1 Å². The second kappa shape index (κ2) is 6.74. The molecule has 0 spiro atoms. The highest BCUT2D eigenvalue weighted by atomic mass is 32.2. The highest BCUT2D eigenvalue weighted by molar-refractivity contribution is 7.99. The Morgan fingerprint density at radius 3 is 2.42 bits per heavy atom. The second-order valence-electron chi connectivity index (χ2n) is 4.68. The third-order valence-corrected chi connectivity index (χ3v) is 5.74. The zero-order valence-electron chi connectivity index (χ0n) is 11.1. The van der Waals surface area contributed by atoms with Crippen LogP contribution in [0.5, 0.6) is 0 Å². The molecule has 1 aromatic rings. The lowest BCUT2D eigenvalue weighted by Gasteiger charge is -2.22. The molecule has 1 aliphatic rings. The van der Waals surface area contributed by atoms with E-state index in [1.165, 1.54) is 0 Å². The molecule has 19 heavy (non-hydrogen) atoms. The number of hydrogen-bond acceptors (Lipinski definition) is 4. The van der Waals surface area contributed by atoms with Gasteiger partial charge in [0.05, 0.1) is 4.90 Å². The van der Waals surface area contributed by atoms with Crippen molar-refractivity contribution in [2.45, 2.75) is 30.3 Å². The SMILES string of the molecule is CNCc1ccc(S(=O)(=O)NC2CCSCC2)cc1. The third kappa shape index (κ3) is 4.21. The van der Waals surface area contributed by atoms with E-state index in [9.17, 15) is 8.42 Å². The minimum Gasteiger partial charge on any atom is -0.316 e. The minimum atomic E-state index is -3.37. The average Bonchev–Trinajstić information content (AvgIpc) is 2.40. The van der Waals surface area contributed by atoms with E-state index in [-0.39, 0.29) is 6.04 Å². The third-order valence-electron chi connectivity index (χ3n) is 3.16. The summed E-state index contributed by atoms with van der Waals surface area (Å²) in [4.78, 5) is 0.352. The van der Waals surface area contributed by atoms with Crippen LogP contribution in [0.1, 0.15) is 18.4 Å². The lowest BCUT2D eigenvalue weighted by molar-refractivity contribution is 0.529. The van der Waals surface area contributed by atoms with Crippen molar-refractivity contribution in [1.82, 2.24) is 10.0 Å². The number of sulfonamides is 1. The molecule has 1 heterocycles. The topological polar surface area (TPSA) is 58.2 Å². The van der Waals surface area contributed by atoms with Gasteiger partial charge in [-0.3, -0.25) is 0 Å². The summed E-state index contributed by atoms with van der Waals surface area (Å²) >= 11 is 1.89. The van der Waals surface area contributed by atoms with E-state index in [1.807, 2.05) is 30.9 Å². The molecule has 1 fully saturated rings. The molecule has 1 aromatic carbocycles. The summed E-state index contributed by atoms with van der Waals surface area (Å²) in [6.07, 6.45) is 1.84. The molecule has 0 atom stereocenters. The zero-order chi connectivity index (χ0) is 13.7. The molecule has 6 heteroatoms. The van der Waals surface area contributed by atoms with Gasteiger partial charge in [-0.15, -0.1) is 0 Å². The summed E-state index contributed by atoms with van der Waals surface area (Å²) in [5.74, 6) is 2.07. The van der Waals surface area contributed by atoms with Crippen molar-refractivity contribution in [1.29, 1.82) is 0 Å². The Balaban J connectivity index is 2.05. The molecule has 2 N–H and O–H groups in total. The lowest BCUT2D eigenvalue weighted by Crippen LogP contribution is -2.37. The van der Waals surface area contributed by atoms with Crippen LogP contribution in [0, 0.1) is 0 Å². The normalized spacial score (nSPS) is 17.5. The van der Waals surface area contributed by atoms with Gasteiger partial charge in [0.2, 0.25) is 10.0 Å². The van der Waals surface area contributed by atoms with E-state index < -0.39 is 10.0 Å². The summed E-state index contributed by atoms with van der Waals surface area (Å²) in [5.41, 5.74) is 1.08. The van der Waals surface area contributed by atoms with Gasteiger partial charge in [-0.1, -0.05) is 12.1 Å². The van der Waals surface area contributed by atoms with Gasteiger partial charge in [0.15, 0.2) is 0 Å². The average molecular weight is 300 g/mol. The molecule has 1 saturated heterocycles. The van der Waals surface area contributed by atoms with E-state index in [4.69, 9.17) is 0 Å². The molecule has 0 amide bonds. The maximum Gasteiger partial charge on any atom is 0.240 e. The summed E-state index contributed by atoms with van der Waals surface area (Å²) in [6, 6.07) is 7.13. The zero-order valence-corrected chi connectivity index (χ0v) is 12.7. The molecule has 4 nitrogen and oxygen atoms in total. The fourth-order valence-corrected chi connectivity index (χ4v) is 4.50. The van der Waals surface area contributed by atoms with Gasteiger partial charge in [-0.25, -0.2) is 13.1 Å². The summed E-state index contributed by atoms with van der Waals surface area (Å²) < 4.78 is 27.3. The summed E-state index contributed by atoms with van der Waals surface area (Å²) in [7, 11) is -1.50. The van der Waals surface area contributed by atoms with Crippen molar-refractivity contribution in [3.05, 3.63) is 29.8 Å². The highest BCUT2D eigenvalue weighted by Crippen LogP contribution is 2.19. The van der Waals surface area contributed by atoms with E-state index in [2.05, 4.69) is 10.0 Å². The van der Waals surface area contributed by atoms with E-state index >= 15 is 0 Å². The van der Waals surface area contributed by atoms with Crippen molar-refractivity contribution in [2.75, 3.05) is 18.6 Å². The summed E-state index contributed by atoms with van der Waals surface area (Å²) in [5, 5.41) is 3.04. The van der Waals surface area contributed by atoms with Gasteiger partial charge in [-0.2, -0.15) is 11.8 Å². The van der Waals surface area contributed by atoms with Crippen molar-refractivity contribution in [3.63, 3.8) is 0 Å². The van der Waals surface area contributed by atoms with Crippen LogP contribution in [0.3, 0.4) is 0 Å². The van der Waals surface area contributed by atoms with Crippen LogP contribution in [-0.4, -0.2) is 33.0 Å². The van der Waals surface area contributed by atoms with Crippen molar-refractivity contribution >= 4 is 21.8 Å². The van der Waals surface area contributed by atoms with Crippen LogP contribution >= 0.6 is 11.8 Å². The Morgan fingerprint density at radius 1 is 1.21 bits per heavy atom. The Morgan fingerprint density at radius 2 is 1.84 bits per heavy atom. The maximum absolute atomic E-state index is 12.2. The minimum absolute atomic E-state index is 0.0863. The number of rotatable bonds is 5. The molecule has 2 rings (SSSR count). The van der Waals surface area contributed by atoms with Gasteiger partial charge in [0.25, 0.3) is 0 Å². The van der Waals surface area contributed by atoms with Crippen LogP contribution in [0.15, 0.2) is 29.2 Å². The molecular weight excluding hydrogens is 280 g/mol. The van der Waals surface area contributed by atoms with Gasteiger partial charge < -0.3 is 5.32 Å². The maximum atomic E-state index is 12.2. The van der Waals surface area contributed by atoms with Crippen LogP contribution in [0.4, 0.5) is 0 Å². The fourth-order valence-electron chi connectivity index (χ4n) is 2.09. The predicted molar refractivity (Wildman–Crippen MR) is 79.9 cm³/mol. The van der Waals surface area contributed by atoms with E-state index in [0.29, 0.717) is 4.90 Å². The Labute approximate surface area is 119 Å². The largest absolute Gasteiger partial charge is 0.316 e. The smallest absolute Gasteiger partial charge is 0.240 e. The molecule has 106 valence electrons. The van der Waals surface area contributed by atoms with Gasteiger partial charge in [0, 0.05) is 12.6 Å². The lowest BCUT2D eigenvalue weighted by atomic mass is 10.2. The first-order chi connectivity index (χ1) is 9.12. The second-order valence-corrected chi connectivity index (χ2v) is 7.62. The summed E-state index contributed by atoms with van der Waals surface area (Å²) in [6.45, 7) is 0.744. The van der Waals surface area contributed by atoms with Gasteiger partial charge >= 0.3 is 0 Å². The Kier molecular flexibility index (Phi) is 5.27. The number of nitrogens with one attached hydrogen (secondary N) is 2. The molecule has 0 aromatic heterocycles. The molecule has 0 aliphatic carbocycles. The van der Waals surface area contributed by atoms with Crippen molar-refractivity contribution < 1.29 is 8.42 Å². The molecule has 0 saturated carbocycles. The molecule has 1 aliphatic heterocycles. The van der Waals surface area contributed by atoms with Crippen LogP contribution in [0.25, 0.3) is 0 Å². The van der Waals surface area contributed by atoms with Crippen molar-refractivity contribution in [3.8, 4) is 0 Å². The van der Waals surface area contributed by atoms with Crippen LogP contribution in [0.2, 0.25) is 0 Å². The van der Waals surface area contributed by atoms with E-state index in [1.54, 1.807) is 12.1 Å². The Hall–Kier alpha value is -0.560. The van der Waals surface area contributed by atoms with Gasteiger partial charge in [0.1, 0.15) is 0 Å². The quantitative estimate of drug-likeness (QED) is 0.867. The highest BCUT2D eigenvalue weighted by Gasteiger charge is 2.21. The first-order valence-electron chi connectivity index (χ1n) is 6.45.